The van der Waals surface area contributed by atoms with Crippen molar-refractivity contribution in [2.75, 3.05) is 13.7 Å². The lowest BCUT2D eigenvalue weighted by Crippen LogP contribution is -2.40. The van der Waals surface area contributed by atoms with Gasteiger partial charge in [-0.15, -0.1) is 6.58 Å². The van der Waals surface area contributed by atoms with Gasteiger partial charge in [0.25, 0.3) is 0 Å². The van der Waals surface area contributed by atoms with E-state index in [9.17, 15) is 14.4 Å². The van der Waals surface area contributed by atoms with Crippen LogP contribution in [0, 0.1) is 0 Å². The molecule has 1 rings (SSSR count). The topological polar surface area (TPSA) is 93.1 Å². The Kier molecular flexibility index (Phi) is 5.35. The van der Waals surface area contributed by atoms with Gasteiger partial charge in [0.05, 0.1) is 13.7 Å². The minimum absolute atomic E-state index is 0.0189. The SMILES string of the molecule is C=CCCC(=O)O[C@@H]1CC(C(=O)OC)N(C(=O)O)C1. The molecule has 0 spiro atoms. The van der Waals surface area contributed by atoms with Crippen molar-refractivity contribution in [1.29, 1.82) is 0 Å². The third-order valence-electron chi connectivity index (χ3n) is 2.83. The van der Waals surface area contributed by atoms with Crippen LogP contribution in [0.15, 0.2) is 12.7 Å². The molecule has 106 valence electrons. The van der Waals surface area contributed by atoms with Crippen molar-refractivity contribution in [3.05, 3.63) is 12.7 Å². The highest BCUT2D eigenvalue weighted by molar-refractivity contribution is 5.81. The predicted molar refractivity (Wildman–Crippen MR) is 64.5 cm³/mol. The van der Waals surface area contributed by atoms with Gasteiger partial charge in [0.2, 0.25) is 0 Å². The van der Waals surface area contributed by atoms with E-state index in [1.807, 2.05) is 0 Å². The summed E-state index contributed by atoms with van der Waals surface area (Å²) in [5.41, 5.74) is 0. The molecule has 0 aromatic heterocycles. The lowest BCUT2D eigenvalue weighted by molar-refractivity contribution is -0.149. The molecule has 1 aliphatic rings. The van der Waals surface area contributed by atoms with E-state index >= 15 is 0 Å². The minimum atomic E-state index is -1.24. The second-order valence-electron chi connectivity index (χ2n) is 4.15. The van der Waals surface area contributed by atoms with Crippen molar-refractivity contribution in [3.8, 4) is 0 Å². The molecule has 1 amide bonds. The van der Waals surface area contributed by atoms with Crippen LogP contribution < -0.4 is 0 Å². The molecule has 1 unspecified atom stereocenters. The molecule has 0 aromatic rings. The first-order valence-electron chi connectivity index (χ1n) is 5.87. The molecule has 0 saturated carbocycles. The molecule has 1 heterocycles. The summed E-state index contributed by atoms with van der Waals surface area (Å²) in [6.45, 7) is 3.47. The monoisotopic (exact) mass is 271 g/mol. The number of ether oxygens (including phenoxy) is 2. The molecule has 2 atom stereocenters. The van der Waals surface area contributed by atoms with E-state index in [1.54, 1.807) is 6.08 Å². The summed E-state index contributed by atoms with van der Waals surface area (Å²) in [6.07, 6.45) is 0.553. The highest BCUT2D eigenvalue weighted by Crippen LogP contribution is 2.22. The number of carbonyl (C=O) groups is 3. The number of carbonyl (C=O) groups excluding carboxylic acids is 2. The normalized spacial score (nSPS) is 21.8. The number of hydrogen-bond donors (Lipinski definition) is 1. The number of hydrogen-bond acceptors (Lipinski definition) is 5. The van der Waals surface area contributed by atoms with E-state index in [0.29, 0.717) is 6.42 Å². The number of allylic oxidation sites excluding steroid dienone is 1. The van der Waals surface area contributed by atoms with Crippen molar-refractivity contribution in [3.63, 3.8) is 0 Å². The maximum Gasteiger partial charge on any atom is 0.408 e. The van der Waals surface area contributed by atoms with Gasteiger partial charge in [-0.3, -0.25) is 9.69 Å². The maximum atomic E-state index is 11.5. The van der Waals surface area contributed by atoms with Crippen molar-refractivity contribution < 1.29 is 29.0 Å². The molecule has 1 fully saturated rings. The summed E-state index contributed by atoms with van der Waals surface area (Å²) in [7, 11) is 1.19. The summed E-state index contributed by atoms with van der Waals surface area (Å²) in [5, 5.41) is 8.99. The molecule has 19 heavy (non-hydrogen) atoms. The summed E-state index contributed by atoms with van der Waals surface area (Å²) in [6, 6.07) is -0.917. The predicted octanol–water partition coefficient (Wildman–Crippen LogP) is 0.790. The molecule has 0 aromatic carbocycles. The van der Waals surface area contributed by atoms with E-state index < -0.39 is 30.2 Å². The Labute approximate surface area is 110 Å². The van der Waals surface area contributed by atoms with Crippen molar-refractivity contribution in [2.45, 2.75) is 31.4 Å². The van der Waals surface area contributed by atoms with Crippen LogP contribution in [-0.2, 0) is 19.1 Å². The first kappa shape index (κ1) is 15.0. The van der Waals surface area contributed by atoms with Gasteiger partial charge in [-0.25, -0.2) is 9.59 Å². The fourth-order valence-corrected chi connectivity index (χ4v) is 1.92. The van der Waals surface area contributed by atoms with Crippen molar-refractivity contribution in [1.82, 2.24) is 4.90 Å². The standard InChI is InChI=1S/C12H17NO6/c1-3-4-5-10(14)19-8-6-9(11(15)18-2)13(7-8)12(16)17/h3,8-9H,1,4-7H2,2H3,(H,16,17)/t8-,9?/m1/s1. The second-order valence-corrected chi connectivity index (χ2v) is 4.15. The molecule has 1 N–H and O–H groups in total. The Morgan fingerprint density at radius 1 is 1.47 bits per heavy atom. The zero-order valence-corrected chi connectivity index (χ0v) is 10.7. The second kappa shape index (κ2) is 6.77. The molecule has 0 bridgehead atoms. The third-order valence-corrected chi connectivity index (χ3v) is 2.83. The number of rotatable bonds is 5. The van der Waals surface area contributed by atoms with Gasteiger partial charge >= 0.3 is 18.0 Å². The van der Waals surface area contributed by atoms with E-state index in [-0.39, 0.29) is 19.4 Å². The Hall–Kier alpha value is -2.05. The molecule has 0 radical (unpaired) electrons. The molecule has 1 saturated heterocycles. The van der Waals surface area contributed by atoms with Crippen LogP contribution >= 0.6 is 0 Å². The zero-order valence-electron chi connectivity index (χ0n) is 10.7. The fourth-order valence-electron chi connectivity index (χ4n) is 1.92. The maximum absolute atomic E-state index is 11.5. The lowest BCUT2D eigenvalue weighted by atomic mass is 10.2. The molecule has 0 aliphatic carbocycles. The van der Waals surface area contributed by atoms with Crippen LogP contribution in [0.3, 0.4) is 0 Å². The van der Waals surface area contributed by atoms with E-state index in [4.69, 9.17) is 9.84 Å². The Morgan fingerprint density at radius 3 is 2.68 bits per heavy atom. The molecular weight excluding hydrogens is 254 g/mol. The smallest absolute Gasteiger partial charge is 0.408 e. The fraction of sp³-hybridized carbons (Fsp3) is 0.583. The van der Waals surface area contributed by atoms with Gasteiger partial charge < -0.3 is 14.6 Å². The van der Waals surface area contributed by atoms with E-state index in [0.717, 1.165) is 4.90 Å². The van der Waals surface area contributed by atoms with E-state index in [1.165, 1.54) is 7.11 Å². The molecule has 7 nitrogen and oxygen atoms in total. The van der Waals surface area contributed by atoms with Crippen LogP contribution in [0.2, 0.25) is 0 Å². The zero-order chi connectivity index (χ0) is 14.4. The van der Waals surface area contributed by atoms with Crippen LogP contribution in [-0.4, -0.2) is 53.8 Å². The summed E-state index contributed by atoms with van der Waals surface area (Å²) >= 11 is 0. The number of amides is 1. The average Bonchev–Trinajstić information content (AvgIpc) is 2.79. The first-order valence-corrected chi connectivity index (χ1v) is 5.87. The van der Waals surface area contributed by atoms with Gasteiger partial charge in [-0.1, -0.05) is 6.08 Å². The number of nitrogens with zero attached hydrogens (tertiary/aromatic N) is 1. The Bertz CT molecular complexity index is 380. The largest absolute Gasteiger partial charge is 0.467 e. The van der Waals surface area contributed by atoms with Gasteiger partial charge in [-0.05, 0) is 6.42 Å². The highest BCUT2D eigenvalue weighted by Gasteiger charge is 2.42. The van der Waals surface area contributed by atoms with E-state index in [2.05, 4.69) is 11.3 Å². The quantitative estimate of drug-likeness (QED) is 0.587. The van der Waals surface area contributed by atoms with Crippen LogP contribution in [0.25, 0.3) is 0 Å². The average molecular weight is 271 g/mol. The Morgan fingerprint density at radius 2 is 2.16 bits per heavy atom. The Balaban J connectivity index is 2.60. The lowest BCUT2D eigenvalue weighted by Gasteiger charge is -2.18. The molecule has 1 aliphatic heterocycles. The molecule has 7 heteroatoms. The highest BCUT2D eigenvalue weighted by atomic mass is 16.5. The van der Waals surface area contributed by atoms with Gasteiger partial charge in [0, 0.05) is 12.8 Å². The number of methoxy groups -OCH3 is 1. The van der Waals surface area contributed by atoms with Crippen LogP contribution in [0.5, 0.6) is 0 Å². The summed E-state index contributed by atoms with van der Waals surface area (Å²) in [4.78, 5) is 34.8. The number of esters is 2. The van der Waals surface area contributed by atoms with Crippen LogP contribution in [0.1, 0.15) is 19.3 Å². The van der Waals surface area contributed by atoms with Gasteiger partial charge in [0.15, 0.2) is 0 Å². The van der Waals surface area contributed by atoms with Gasteiger partial charge in [-0.2, -0.15) is 0 Å². The third kappa shape index (κ3) is 3.97. The summed E-state index contributed by atoms with van der Waals surface area (Å²) in [5.74, 6) is -1.08. The molecular formula is C12H17NO6. The number of carboxylic acid groups (broad SMARTS) is 1. The van der Waals surface area contributed by atoms with Crippen molar-refractivity contribution >= 4 is 18.0 Å². The number of likely N-dealkylation sites (tertiary alicyclic amines) is 1. The van der Waals surface area contributed by atoms with Crippen molar-refractivity contribution in [2.24, 2.45) is 0 Å². The van der Waals surface area contributed by atoms with Gasteiger partial charge in [0.1, 0.15) is 12.1 Å². The van der Waals surface area contributed by atoms with Crippen LogP contribution in [0.4, 0.5) is 4.79 Å². The summed E-state index contributed by atoms with van der Waals surface area (Å²) < 4.78 is 9.65. The minimum Gasteiger partial charge on any atom is -0.467 e. The first-order chi connectivity index (χ1) is 8.99.